The molecular formula is C3H6NO4Se. The van der Waals surface area contributed by atoms with Crippen LogP contribution >= 0.6 is 0 Å². The summed E-state index contributed by atoms with van der Waals surface area (Å²) in [4.78, 5) is 9.85. The minimum atomic E-state index is -3.18. The number of rotatable bonds is 3. The fourth-order valence-electron chi connectivity index (χ4n) is 0.218. The fraction of sp³-hybridized carbons (Fsp3) is 0.667. The Bertz CT molecular complexity index is 167. The van der Waals surface area contributed by atoms with Crippen LogP contribution in [0.5, 0.6) is 0 Å². The van der Waals surface area contributed by atoms with E-state index in [-0.39, 0.29) is 0 Å². The van der Waals surface area contributed by atoms with Crippen LogP contribution in [0.15, 0.2) is 0 Å². The summed E-state index contributed by atoms with van der Waals surface area (Å²) in [5.74, 6) is -1.28. The van der Waals surface area contributed by atoms with Crippen LogP contribution in [-0.4, -0.2) is 30.9 Å². The Balaban J connectivity index is 3.77. The van der Waals surface area contributed by atoms with Gasteiger partial charge in [-0.2, -0.15) is 0 Å². The molecule has 1 radical (unpaired) electrons. The van der Waals surface area contributed by atoms with Gasteiger partial charge < -0.3 is 0 Å². The molecule has 0 unspecified atom stereocenters. The van der Waals surface area contributed by atoms with E-state index in [1.807, 2.05) is 0 Å². The Kier molecular flexibility index (Phi) is 3.37. The number of aliphatic carboxylic acids is 1. The van der Waals surface area contributed by atoms with E-state index < -0.39 is 31.1 Å². The van der Waals surface area contributed by atoms with Gasteiger partial charge >= 0.3 is 54.4 Å². The molecule has 0 bridgehead atoms. The van der Waals surface area contributed by atoms with Gasteiger partial charge in [0.05, 0.1) is 0 Å². The van der Waals surface area contributed by atoms with Gasteiger partial charge in [-0.05, 0) is 0 Å². The quantitative estimate of drug-likeness (QED) is 0.553. The second kappa shape index (κ2) is 3.55. The zero-order valence-corrected chi connectivity index (χ0v) is 6.16. The van der Waals surface area contributed by atoms with Crippen molar-refractivity contribution in [2.75, 3.05) is 0 Å². The van der Waals surface area contributed by atoms with Crippen LogP contribution in [-0.2, 0) is 12.5 Å². The van der Waals surface area contributed by atoms with Gasteiger partial charge in [-0.15, -0.1) is 0 Å². The van der Waals surface area contributed by atoms with E-state index in [2.05, 4.69) is 0 Å². The number of carbonyl (C=O) groups is 1. The molecule has 0 rings (SSSR count). The minimum absolute atomic E-state index is 0.435. The second-order valence-corrected chi connectivity index (χ2v) is 3.39. The molecular weight excluding hydrogens is 193 g/mol. The van der Waals surface area contributed by atoms with Crippen molar-refractivity contribution in [1.82, 2.24) is 0 Å². The van der Waals surface area contributed by atoms with Crippen LogP contribution in [0.2, 0.25) is 5.32 Å². The summed E-state index contributed by atoms with van der Waals surface area (Å²) in [7, 11) is 0. The van der Waals surface area contributed by atoms with Crippen molar-refractivity contribution in [3.8, 4) is 0 Å². The summed E-state index contributed by atoms with van der Waals surface area (Å²) < 4.78 is 19.7. The van der Waals surface area contributed by atoms with Crippen LogP contribution in [0.4, 0.5) is 0 Å². The standard InChI is InChI=1S/C3H6NO4Se/c4-2(3(5)6)1-9(7)8/h2H,1,4H2,(H,5,6)/t2-/m0/s1. The number of hydrogen-bond donors (Lipinski definition) is 2. The Morgan fingerprint density at radius 2 is 2.11 bits per heavy atom. The predicted octanol–water partition coefficient (Wildman–Crippen LogP) is -1.25. The van der Waals surface area contributed by atoms with Gasteiger partial charge in [0.2, 0.25) is 0 Å². The third kappa shape index (κ3) is 4.08. The summed E-state index contributed by atoms with van der Waals surface area (Å²) >= 11 is -3.18. The molecule has 0 aliphatic rings. The average Bonchev–Trinajstić information content (AvgIpc) is 1.63. The van der Waals surface area contributed by atoms with Gasteiger partial charge in [-0.1, -0.05) is 0 Å². The molecule has 0 aliphatic heterocycles. The van der Waals surface area contributed by atoms with Crippen molar-refractivity contribution in [3.63, 3.8) is 0 Å². The summed E-state index contributed by atoms with van der Waals surface area (Å²) in [5, 5.41) is 7.61. The van der Waals surface area contributed by atoms with Crippen LogP contribution in [0.25, 0.3) is 0 Å². The topological polar surface area (TPSA) is 97.5 Å². The van der Waals surface area contributed by atoms with Gasteiger partial charge in [0, 0.05) is 0 Å². The Morgan fingerprint density at radius 1 is 1.67 bits per heavy atom. The van der Waals surface area contributed by atoms with Crippen LogP contribution in [0.1, 0.15) is 0 Å². The summed E-state index contributed by atoms with van der Waals surface area (Å²) in [5.41, 5.74) is 4.85. The molecule has 9 heavy (non-hydrogen) atoms. The Hall–Kier alpha value is -0.451. The molecule has 0 aliphatic carbocycles. The molecule has 53 valence electrons. The maximum atomic E-state index is 9.87. The predicted molar refractivity (Wildman–Crippen MR) is 27.5 cm³/mol. The SMILES string of the molecule is N[C@@H](C[Se](=O)=O)C(=O)O. The molecule has 0 fully saturated rings. The van der Waals surface area contributed by atoms with Crippen molar-refractivity contribution < 1.29 is 17.6 Å². The van der Waals surface area contributed by atoms with E-state index in [4.69, 9.17) is 10.8 Å². The molecule has 0 saturated heterocycles. The Labute approximate surface area is 55.1 Å². The second-order valence-electron chi connectivity index (χ2n) is 1.42. The molecule has 1 atom stereocenters. The number of carboxylic acids is 1. The monoisotopic (exact) mass is 200 g/mol. The Morgan fingerprint density at radius 3 is 2.22 bits per heavy atom. The van der Waals surface area contributed by atoms with Gasteiger partial charge in [0.1, 0.15) is 0 Å². The first-order chi connectivity index (χ1) is 4.04. The van der Waals surface area contributed by atoms with E-state index in [0.717, 1.165) is 0 Å². The van der Waals surface area contributed by atoms with Crippen molar-refractivity contribution in [2.24, 2.45) is 5.73 Å². The molecule has 0 heterocycles. The van der Waals surface area contributed by atoms with Gasteiger partial charge in [-0.3, -0.25) is 0 Å². The van der Waals surface area contributed by atoms with Crippen LogP contribution in [0, 0.1) is 0 Å². The molecule has 0 aromatic rings. The number of carboxylic acid groups (broad SMARTS) is 1. The first kappa shape index (κ1) is 8.55. The van der Waals surface area contributed by atoms with Gasteiger partial charge in [-0.25, -0.2) is 0 Å². The molecule has 0 aromatic heterocycles. The summed E-state index contributed by atoms with van der Waals surface area (Å²) in [6.45, 7) is 0. The molecule has 3 N–H and O–H groups in total. The first-order valence-electron chi connectivity index (χ1n) is 2.08. The van der Waals surface area contributed by atoms with E-state index in [1.165, 1.54) is 0 Å². The number of nitrogens with two attached hydrogens (primary N) is 1. The molecule has 5 nitrogen and oxygen atoms in total. The van der Waals surface area contributed by atoms with E-state index in [9.17, 15) is 12.5 Å². The van der Waals surface area contributed by atoms with Crippen molar-refractivity contribution >= 4 is 19.7 Å². The number of hydrogen-bond acceptors (Lipinski definition) is 4. The van der Waals surface area contributed by atoms with E-state index in [0.29, 0.717) is 0 Å². The molecule has 0 amide bonds. The molecule has 6 heteroatoms. The fourth-order valence-corrected chi connectivity index (χ4v) is 1.13. The summed E-state index contributed by atoms with van der Waals surface area (Å²) in [6.07, 6.45) is 0. The van der Waals surface area contributed by atoms with Crippen LogP contribution in [0.3, 0.4) is 0 Å². The molecule has 0 spiro atoms. The van der Waals surface area contributed by atoms with Crippen LogP contribution < -0.4 is 5.73 Å². The molecule has 0 aromatic carbocycles. The normalized spacial score (nSPS) is 12.6. The van der Waals surface area contributed by atoms with Crippen molar-refractivity contribution in [3.05, 3.63) is 0 Å². The zero-order chi connectivity index (χ0) is 7.44. The van der Waals surface area contributed by atoms with Gasteiger partial charge in [0.15, 0.2) is 0 Å². The van der Waals surface area contributed by atoms with E-state index in [1.54, 1.807) is 0 Å². The van der Waals surface area contributed by atoms with Gasteiger partial charge in [0.25, 0.3) is 0 Å². The average molecular weight is 199 g/mol. The van der Waals surface area contributed by atoms with Crippen molar-refractivity contribution in [1.29, 1.82) is 0 Å². The third-order valence-corrected chi connectivity index (χ3v) is 1.96. The third-order valence-electron chi connectivity index (χ3n) is 0.633. The summed E-state index contributed by atoms with van der Waals surface area (Å²) in [6, 6.07) is -1.26. The van der Waals surface area contributed by atoms with Crippen molar-refractivity contribution in [2.45, 2.75) is 11.4 Å². The zero-order valence-electron chi connectivity index (χ0n) is 4.44. The first-order valence-corrected chi connectivity index (χ1v) is 4.69. The maximum absolute atomic E-state index is 9.87. The van der Waals surface area contributed by atoms with E-state index >= 15 is 0 Å². The molecule has 0 saturated carbocycles.